The van der Waals surface area contributed by atoms with Crippen molar-refractivity contribution in [2.24, 2.45) is 11.3 Å². The molecule has 2 aromatic rings. The van der Waals surface area contributed by atoms with Crippen LogP contribution in [0.15, 0.2) is 42.5 Å². The number of ether oxygens (including phenoxy) is 1. The van der Waals surface area contributed by atoms with E-state index >= 15 is 0 Å². The largest absolute Gasteiger partial charge is 0.497 e. The van der Waals surface area contributed by atoms with Gasteiger partial charge in [0.15, 0.2) is 5.92 Å². The molecule has 212 valence electrons. The number of alkyl halides is 3. The van der Waals surface area contributed by atoms with E-state index in [1.54, 1.807) is 26.2 Å². The van der Waals surface area contributed by atoms with Crippen LogP contribution in [0.5, 0.6) is 5.75 Å². The molecule has 1 spiro atoms. The van der Waals surface area contributed by atoms with Gasteiger partial charge in [-0.05, 0) is 91.7 Å². The summed E-state index contributed by atoms with van der Waals surface area (Å²) in [6.45, 7) is 0.689. The molecule has 1 saturated heterocycles. The van der Waals surface area contributed by atoms with Gasteiger partial charge in [0.1, 0.15) is 5.75 Å². The molecule has 1 saturated carbocycles. The van der Waals surface area contributed by atoms with Crippen molar-refractivity contribution in [2.75, 3.05) is 34.3 Å². The predicted molar refractivity (Wildman–Crippen MR) is 145 cm³/mol. The molecule has 2 aromatic carbocycles. The second kappa shape index (κ2) is 11.8. The van der Waals surface area contributed by atoms with Crippen molar-refractivity contribution in [3.63, 3.8) is 0 Å². The summed E-state index contributed by atoms with van der Waals surface area (Å²) in [5, 5.41) is 0.460. The van der Waals surface area contributed by atoms with Gasteiger partial charge < -0.3 is 14.5 Å². The standard InChI is InChI=1S/C30H36ClF3N2O3/c1-35(2)27(37)24-8-7-21(18-25(24)31)17-20-9-11-29(12-10-20)13-15-36(16-14-29)28(38)26(30(32,33)34)22-5-4-6-23(19-22)39-3/h4-8,18-20,26H,9-17H2,1-3H3. The van der Waals surface area contributed by atoms with Crippen LogP contribution >= 0.6 is 11.6 Å². The fourth-order valence-corrected chi connectivity index (χ4v) is 6.39. The Morgan fingerprint density at radius 2 is 1.74 bits per heavy atom. The van der Waals surface area contributed by atoms with E-state index in [9.17, 15) is 22.8 Å². The Morgan fingerprint density at radius 3 is 2.31 bits per heavy atom. The maximum atomic E-state index is 14.0. The average Bonchev–Trinajstić information content (AvgIpc) is 2.89. The van der Waals surface area contributed by atoms with Gasteiger partial charge >= 0.3 is 6.18 Å². The van der Waals surface area contributed by atoms with Crippen LogP contribution in [0.25, 0.3) is 0 Å². The molecule has 1 aliphatic carbocycles. The molecule has 4 rings (SSSR count). The Balaban J connectivity index is 1.34. The monoisotopic (exact) mass is 564 g/mol. The van der Waals surface area contributed by atoms with Crippen LogP contribution < -0.4 is 4.74 Å². The Labute approximate surface area is 233 Å². The number of nitrogens with zero attached hydrogens (tertiary/aromatic N) is 2. The minimum atomic E-state index is -4.68. The van der Waals surface area contributed by atoms with Crippen molar-refractivity contribution in [3.8, 4) is 5.75 Å². The first-order valence-electron chi connectivity index (χ1n) is 13.4. The number of carbonyl (C=O) groups is 2. The summed E-state index contributed by atoms with van der Waals surface area (Å²) in [4.78, 5) is 28.3. The van der Waals surface area contributed by atoms with Crippen LogP contribution in [0.1, 0.15) is 65.9 Å². The quantitative estimate of drug-likeness (QED) is 0.390. The Kier molecular flexibility index (Phi) is 8.84. The minimum absolute atomic E-state index is 0.0800. The molecule has 2 aliphatic rings. The molecular weight excluding hydrogens is 529 g/mol. The number of piperidine rings is 1. The van der Waals surface area contributed by atoms with Gasteiger partial charge in [0.05, 0.1) is 17.7 Å². The molecule has 1 heterocycles. The summed E-state index contributed by atoms with van der Waals surface area (Å²) in [7, 11) is 4.78. The zero-order valence-corrected chi connectivity index (χ0v) is 23.4. The summed E-state index contributed by atoms with van der Waals surface area (Å²) in [6.07, 6.45) is 1.70. The molecule has 2 fully saturated rings. The van der Waals surface area contributed by atoms with E-state index in [4.69, 9.17) is 16.3 Å². The van der Waals surface area contributed by atoms with Gasteiger partial charge in [0, 0.05) is 27.2 Å². The Morgan fingerprint density at radius 1 is 1.08 bits per heavy atom. The number of amides is 2. The maximum absolute atomic E-state index is 14.0. The lowest BCUT2D eigenvalue weighted by Gasteiger charge is -2.46. The first-order valence-corrected chi connectivity index (χ1v) is 13.8. The number of carbonyl (C=O) groups excluding carboxylic acids is 2. The third-order valence-electron chi connectivity index (χ3n) is 8.50. The Bertz CT molecular complexity index is 1180. The number of benzene rings is 2. The summed E-state index contributed by atoms with van der Waals surface area (Å²) >= 11 is 6.39. The summed E-state index contributed by atoms with van der Waals surface area (Å²) in [6, 6.07) is 11.3. The number of hydrogen-bond acceptors (Lipinski definition) is 3. The lowest BCUT2D eigenvalue weighted by atomic mass is 9.64. The second-order valence-electron chi connectivity index (χ2n) is 11.2. The highest BCUT2D eigenvalue weighted by molar-refractivity contribution is 6.33. The third kappa shape index (κ3) is 6.71. The van der Waals surface area contributed by atoms with Gasteiger partial charge in [-0.25, -0.2) is 0 Å². The number of halogens is 4. The second-order valence-corrected chi connectivity index (χ2v) is 11.6. The van der Waals surface area contributed by atoms with Gasteiger partial charge in [-0.15, -0.1) is 0 Å². The first-order chi connectivity index (χ1) is 18.4. The topological polar surface area (TPSA) is 49.9 Å². The van der Waals surface area contributed by atoms with Crippen LogP contribution in [-0.2, 0) is 11.2 Å². The van der Waals surface area contributed by atoms with Crippen molar-refractivity contribution >= 4 is 23.4 Å². The van der Waals surface area contributed by atoms with E-state index in [0.717, 1.165) is 50.5 Å². The lowest BCUT2D eigenvalue weighted by molar-refractivity contribution is -0.173. The van der Waals surface area contributed by atoms with Gasteiger partial charge in [0.2, 0.25) is 5.91 Å². The first kappa shape index (κ1) is 29.2. The lowest BCUT2D eigenvalue weighted by Crippen LogP contribution is -2.48. The van der Waals surface area contributed by atoms with E-state index < -0.39 is 18.0 Å². The molecule has 0 radical (unpaired) electrons. The van der Waals surface area contributed by atoms with Crippen molar-refractivity contribution in [3.05, 3.63) is 64.2 Å². The van der Waals surface area contributed by atoms with Gasteiger partial charge in [-0.2, -0.15) is 13.2 Å². The predicted octanol–water partition coefficient (Wildman–Crippen LogP) is 6.74. The molecule has 0 N–H and O–H groups in total. The smallest absolute Gasteiger partial charge is 0.404 e. The van der Waals surface area contributed by atoms with Crippen molar-refractivity contribution in [1.29, 1.82) is 0 Å². The molecule has 39 heavy (non-hydrogen) atoms. The maximum Gasteiger partial charge on any atom is 0.404 e. The van der Waals surface area contributed by atoms with Crippen molar-refractivity contribution in [1.82, 2.24) is 9.80 Å². The average molecular weight is 565 g/mol. The highest BCUT2D eigenvalue weighted by atomic mass is 35.5. The van der Waals surface area contributed by atoms with Gasteiger partial charge in [0.25, 0.3) is 5.91 Å². The molecule has 0 bridgehead atoms. The fourth-order valence-electron chi connectivity index (χ4n) is 6.10. The van der Waals surface area contributed by atoms with Gasteiger partial charge in [-0.3, -0.25) is 9.59 Å². The van der Waals surface area contributed by atoms with Crippen LogP contribution in [-0.4, -0.2) is 62.1 Å². The van der Waals surface area contributed by atoms with E-state index in [1.165, 1.54) is 35.1 Å². The summed E-state index contributed by atoms with van der Waals surface area (Å²) in [5.41, 5.74) is 1.59. The Hall–Kier alpha value is -2.74. The zero-order chi connectivity index (χ0) is 28.4. The molecule has 5 nitrogen and oxygen atoms in total. The number of hydrogen-bond donors (Lipinski definition) is 0. The molecular formula is C30H36ClF3N2O3. The molecule has 0 aromatic heterocycles. The SMILES string of the molecule is COc1cccc(C(C(=O)N2CCC3(CCC(Cc4ccc(C(=O)N(C)C)c(Cl)c4)CC3)CC2)C(F)(F)F)c1. The van der Waals surface area contributed by atoms with Crippen LogP contribution in [0.4, 0.5) is 13.2 Å². The zero-order valence-electron chi connectivity index (χ0n) is 22.7. The van der Waals surface area contributed by atoms with Crippen LogP contribution in [0.2, 0.25) is 5.02 Å². The normalized spacial score (nSPS) is 18.6. The van der Waals surface area contributed by atoms with E-state index in [-0.39, 0.29) is 16.9 Å². The van der Waals surface area contributed by atoms with Crippen LogP contribution in [0, 0.1) is 11.3 Å². The molecule has 1 unspecified atom stereocenters. The number of likely N-dealkylation sites (tertiary alicyclic amines) is 1. The minimum Gasteiger partial charge on any atom is -0.497 e. The van der Waals surface area contributed by atoms with Crippen molar-refractivity contribution in [2.45, 2.75) is 57.0 Å². The summed E-state index contributed by atoms with van der Waals surface area (Å²) in [5.74, 6) is -2.41. The number of rotatable bonds is 6. The summed E-state index contributed by atoms with van der Waals surface area (Å²) < 4.78 is 47.1. The number of methoxy groups -OCH3 is 1. The van der Waals surface area contributed by atoms with E-state index in [1.807, 2.05) is 12.1 Å². The van der Waals surface area contributed by atoms with Crippen molar-refractivity contribution < 1.29 is 27.5 Å². The molecule has 1 atom stereocenters. The fraction of sp³-hybridized carbons (Fsp3) is 0.533. The molecule has 9 heteroatoms. The van der Waals surface area contributed by atoms with E-state index in [2.05, 4.69) is 0 Å². The van der Waals surface area contributed by atoms with E-state index in [0.29, 0.717) is 35.3 Å². The van der Waals surface area contributed by atoms with Crippen LogP contribution in [0.3, 0.4) is 0 Å². The molecule has 1 aliphatic heterocycles. The third-order valence-corrected chi connectivity index (χ3v) is 8.81. The van der Waals surface area contributed by atoms with Gasteiger partial charge in [-0.1, -0.05) is 29.8 Å². The molecule has 2 amide bonds. The highest BCUT2D eigenvalue weighted by Gasteiger charge is 2.49. The highest BCUT2D eigenvalue weighted by Crippen LogP contribution is 2.48.